The molecule has 2 aromatic heterocycles. The maximum atomic E-state index is 13.8. The number of benzene rings is 2. The van der Waals surface area contributed by atoms with Crippen molar-refractivity contribution in [1.29, 1.82) is 0 Å². The summed E-state index contributed by atoms with van der Waals surface area (Å²) in [4.78, 5) is 18.8. The first-order valence-electron chi connectivity index (χ1n) is 8.43. The van der Waals surface area contributed by atoms with Gasteiger partial charge in [0, 0.05) is 17.1 Å². The molecule has 0 bridgehead atoms. The number of phenols is 1. The number of fused-ring (bicyclic) bond motifs is 1. The topological polar surface area (TPSA) is 114 Å². The molecular formula is C20H13FN4O4. The fourth-order valence-corrected chi connectivity index (χ4v) is 2.70. The molecule has 0 saturated heterocycles. The van der Waals surface area contributed by atoms with E-state index in [1.165, 1.54) is 54.6 Å². The van der Waals surface area contributed by atoms with Gasteiger partial charge in [-0.25, -0.2) is 14.4 Å². The summed E-state index contributed by atoms with van der Waals surface area (Å²) in [7, 11) is 0. The molecule has 0 aliphatic carbocycles. The zero-order chi connectivity index (χ0) is 20.4. The first kappa shape index (κ1) is 18.1. The van der Waals surface area contributed by atoms with E-state index in [1.807, 2.05) is 0 Å². The van der Waals surface area contributed by atoms with Crippen LogP contribution in [0.25, 0.3) is 23.1 Å². The molecule has 8 nitrogen and oxygen atoms in total. The Labute approximate surface area is 163 Å². The fourth-order valence-electron chi connectivity index (χ4n) is 2.70. The lowest BCUT2D eigenvalue weighted by Gasteiger charge is -2.10. The van der Waals surface area contributed by atoms with Gasteiger partial charge in [0.25, 0.3) is 0 Å². The predicted molar refractivity (Wildman–Crippen MR) is 105 cm³/mol. The zero-order valence-corrected chi connectivity index (χ0v) is 14.7. The highest BCUT2D eigenvalue weighted by Gasteiger charge is 2.11. The van der Waals surface area contributed by atoms with Crippen LogP contribution in [-0.4, -0.2) is 20.0 Å². The number of hydrogen-bond donors (Lipinski definition) is 2. The van der Waals surface area contributed by atoms with Crippen LogP contribution in [-0.2, 0) is 0 Å². The molecule has 2 heterocycles. The summed E-state index contributed by atoms with van der Waals surface area (Å²) in [6.45, 7) is 0. The number of halogens is 1. The van der Waals surface area contributed by atoms with Gasteiger partial charge in [-0.2, -0.15) is 0 Å². The molecule has 0 amide bonds. The average Bonchev–Trinajstić information content (AvgIpc) is 3.16. The average molecular weight is 392 g/mol. The summed E-state index contributed by atoms with van der Waals surface area (Å²) in [5, 5.41) is 23.9. The molecule has 0 spiro atoms. The van der Waals surface area contributed by atoms with Crippen LogP contribution < -0.4 is 5.32 Å². The van der Waals surface area contributed by atoms with Gasteiger partial charge in [0.2, 0.25) is 0 Å². The van der Waals surface area contributed by atoms with Crippen LogP contribution in [0.15, 0.2) is 59.0 Å². The molecule has 0 unspecified atom stereocenters. The number of aromatic hydroxyl groups is 1. The molecule has 9 heteroatoms. The van der Waals surface area contributed by atoms with Gasteiger partial charge in [-0.05, 0) is 48.6 Å². The second-order valence-corrected chi connectivity index (χ2v) is 6.03. The number of rotatable bonds is 5. The quantitative estimate of drug-likeness (QED) is 0.367. The molecule has 4 rings (SSSR count). The lowest BCUT2D eigenvalue weighted by Crippen LogP contribution is -1.99. The van der Waals surface area contributed by atoms with Crippen LogP contribution >= 0.6 is 0 Å². The van der Waals surface area contributed by atoms with E-state index in [0.29, 0.717) is 22.4 Å². The summed E-state index contributed by atoms with van der Waals surface area (Å²) in [5.74, 6) is 0.147. The Kier molecular flexibility index (Phi) is 4.62. The first-order chi connectivity index (χ1) is 14.0. The summed E-state index contributed by atoms with van der Waals surface area (Å²) >= 11 is 0. The standard InChI is InChI=1S/C20H13FN4O4/c21-12-4-7-17-16(10-12)20(22-13-2-1-3-14(26)11-13)24-18(23-17)8-5-15-6-9-19(29-15)25(27)28/h1-11,26H,(H,22,23,24)/b8-5+. The third-order valence-electron chi connectivity index (χ3n) is 3.97. The Balaban J connectivity index is 1.73. The van der Waals surface area contributed by atoms with Crippen LogP contribution in [0, 0.1) is 15.9 Å². The van der Waals surface area contributed by atoms with Gasteiger partial charge in [0.1, 0.15) is 28.1 Å². The molecule has 0 aliphatic rings. The van der Waals surface area contributed by atoms with E-state index < -0.39 is 10.7 Å². The van der Waals surface area contributed by atoms with E-state index >= 15 is 0 Å². The summed E-state index contributed by atoms with van der Waals surface area (Å²) in [6, 6.07) is 13.2. The van der Waals surface area contributed by atoms with Crippen molar-refractivity contribution < 1.29 is 18.8 Å². The van der Waals surface area contributed by atoms with E-state index in [1.54, 1.807) is 12.1 Å². The van der Waals surface area contributed by atoms with Gasteiger partial charge in [-0.15, -0.1) is 0 Å². The maximum Gasteiger partial charge on any atom is 0.433 e. The zero-order valence-electron chi connectivity index (χ0n) is 14.7. The van der Waals surface area contributed by atoms with Gasteiger partial charge in [-0.1, -0.05) is 6.07 Å². The minimum absolute atomic E-state index is 0.0686. The molecule has 0 radical (unpaired) electrons. The number of nitro groups is 1. The number of phenolic OH excluding ortho intramolecular Hbond substituents is 1. The van der Waals surface area contributed by atoms with Crippen molar-refractivity contribution in [2.75, 3.05) is 5.32 Å². The molecule has 0 saturated carbocycles. The molecule has 2 N–H and O–H groups in total. The number of aromatic nitrogens is 2. The molecule has 144 valence electrons. The third-order valence-corrected chi connectivity index (χ3v) is 3.97. The third kappa shape index (κ3) is 4.03. The van der Waals surface area contributed by atoms with Crippen molar-refractivity contribution >= 4 is 40.4 Å². The summed E-state index contributed by atoms with van der Waals surface area (Å²) in [5.41, 5.74) is 1.06. The van der Waals surface area contributed by atoms with Crippen LogP contribution in [0.3, 0.4) is 0 Å². The highest BCUT2D eigenvalue weighted by molar-refractivity contribution is 5.91. The van der Waals surface area contributed by atoms with Crippen molar-refractivity contribution in [3.8, 4) is 5.75 Å². The summed E-state index contributed by atoms with van der Waals surface area (Å²) < 4.78 is 18.8. The molecule has 0 atom stereocenters. The van der Waals surface area contributed by atoms with Gasteiger partial charge in [0.15, 0.2) is 5.82 Å². The molecule has 2 aromatic carbocycles. The Morgan fingerprint density at radius 2 is 1.97 bits per heavy atom. The molecule has 0 fully saturated rings. The van der Waals surface area contributed by atoms with Gasteiger partial charge in [0.05, 0.1) is 11.6 Å². The first-order valence-corrected chi connectivity index (χ1v) is 8.43. The Morgan fingerprint density at radius 3 is 2.72 bits per heavy atom. The number of hydrogen-bond acceptors (Lipinski definition) is 7. The van der Waals surface area contributed by atoms with Gasteiger partial charge >= 0.3 is 5.88 Å². The number of nitrogens with zero attached hydrogens (tertiary/aromatic N) is 3. The van der Waals surface area contributed by atoms with Gasteiger partial charge in [-0.3, -0.25) is 10.1 Å². The number of anilines is 2. The molecular weight excluding hydrogens is 379 g/mol. The maximum absolute atomic E-state index is 13.8. The molecule has 0 aliphatic heterocycles. The molecule has 29 heavy (non-hydrogen) atoms. The lowest BCUT2D eigenvalue weighted by molar-refractivity contribution is -0.402. The SMILES string of the molecule is O=[N+]([O-])c1ccc(/C=C/c2nc(Nc3cccc(O)c3)c3cc(F)ccc3n2)o1. The van der Waals surface area contributed by atoms with Crippen molar-refractivity contribution in [3.05, 3.63) is 82.1 Å². The van der Waals surface area contributed by atoms with E-state index in [4.69, 9.17) is 4.42 Å². The van der Waals surface area contributed by atoms with Crippen LogP contribution in [0.4, 0.5) is 21.8 Å². The van der Waals surface area contributed by atoms with E-state index in [0.717, 1.165) is 0 Å². The van der Waals surface area contributed by atoms with Gasteiger partial charge < -0.3 is 14.8 Å². The van der Waals surface area contributed by atoms with E-state index in [9.17, 15) is 19.6 Å². The van der Waals surface area contributed by atoms with Crippen molar-refractivity contribution in [2.45, 2.75) is 0 Å². The highest BCUT2D eigenvalue weighted by atomic mass is 19.1. The Hall–Kier alpha value is -4.27. The van der Waals surface area contributed by atoms with E-state index in [-0.39, 0.29) is 23.2 Å². The number of nitrogens with one attached hydrogen (secondary N) is 1. The highest BCUT2D eigenvalue weighted by Crippen LogP contribution is 2.27. The second kappa shape index (κ2) is 7.39. The Bertz CT molecular complexity index is 1250. The van der Waals surface area contributed by atoms with Crippen molar-refractivity contribution in [2.24, 2.45) is 0 Å². The summed E-state index contributed by atoms with van der Waals surface area (Å²) in [6.07, 6.45) is 3.02. The monoisotopic (exact) mass is 392 g/mol. The lowest BCUT2D eigenvalue weighted by atomic mass is 10.2. The normalized spacial score (nSPS) is 11.2. The van der Waals surface area contributed by atoms with E-state index in [2.05, 4.69) is 15.3 Å². The van der Waals surface area contributed by atoms with Crippen molar-refractivity contribution in [3.63, 3.8) is 0 Å². The smallest absolute Gasteiger partial charge is 0.433 e. The van der Waals surface area contributed by atoms with Crippen LogP contribution in [0.2, 0.25) is 0 Å². The second-order valence-electron chi connectivity index (χ2n) is 6.03. The van der Waals surface area contributed by atoms with Crippen LogP contribution in [0.1, 0.15) is 11.6 Å². The van der Waals surface area contributed by atoms with Crippen LogP contribution in [0.5, 0.6) is 5.75 Å². The predicted octanol–water partition coefficient (Wildman–Crippen LogP) is 4.89. The largest absolute Gasteiger partial charge is 0.508 e. The number of furan rings is 1. The fraction of sp³-hybridized carbons (Fsp3) is 0. The minimum Gasteiger partial charge on any atom is -0.508 e. The van der Waals surface area contributed by atoms with Crippen molar-refractivity contribution in [1.82, 2.24) is 9.97 Å². The minimum atomic E-state index is -0.629. The molecule has 4 aromatic rings. The Morgan fingerprint density at radius 1 is 1.10 bits per heavy atom.